The number of anilines is 1. The molecule has 9 heteroatoms. The van der Waals surface area contributed by atoms with Gasteiger partial charge in [-0.1, -0.05) is 17.4 Å². The average Bonchev–Trinajstić information content (AvgIpc) is 3.45. The zero-order chi connectivity index (χ0) is 21.8. The molecule has 2 heterocycles. The molecule has 0 unspecified atom stereocenters. The predicted molar refractivity (Wildman–Crippen MR) is 123 cm³/mol. The van der Waals surface area contributed by atoms with Crippen LogP contribution in [0.4, 0.5) is 10.8 Å². The summed E-state index contributed by atoms with van der Waals surface area (Å²) in [7, 11) is 0. The van der Waals surface area contributed by atoms with Crippen molar-refractivity contribution in [3.05, 3.63) is 88.4 Å². The number of para-hydroxylation sites is 1. The van der Waals surface area contributed by atoms with Crippen molar-refractivity contribution in [1.29, 1.82) is 0 Å². The zero-order valence-corrected chi connectivity index (χ0v) is 18.1. The zero-order valence-electron chi connectivity index (χ0n) is 16.4. The van der Waals surface area contributed by atoms with Gasteiger partial charge in [-0.25, -0.2) is 4.98 Å². The molecule has 0 atom stereocenters. The summed E-state index contributed by atoms with van der Waals surface area (Å²) in [6, 6.07) is 15.5. The van der Waals surface area contributed by atoms with Crippen LogP contribution in [0.1, 0.15) is 11.3 Å². The van der Waals surface area contributed by atoms with Gasteiger partial charge in [-0.2, -0.15) is 0 Å². The Morgan fingerprint density at radius 1 is 1.23 bits per heavy atom. The van der Waals surface area contributed by atoms with Crippen molar-refractivity contribution in [2.24, 2.45) is 0 Å². The Hall–Kier alpha value is -3.43. The molecule has 0 radical (unpaired) electrons. The van der Waals surface area contributed by atoms with Gasteiger partial charge >= 0.3 is 0 Å². The smallest absolute Gasteiger partial charge is 0.269 e. The molecule has 0 N–H and O–H groups in total. The molecule has 156 valence electrons. The molecule has 0 aliphatic carbocycles. The number of fused-ring (bicyclic) bond motifs is 1. The number of rotatable bonds is 7. The van der Waals surface area contributed by atoms with Crippen LogP contribution in [0.3, 0.4) is 0 Å². The van der Waals surface area contributed by atoms with Gasteiger partial charge in [0.2, 0.25) is 0 Å². The van der Waals surface area contributed by atoms with Crippen LogP contribution in [0.5, 0.6) is 0 Å². The lowest BCUT2D eigenvalue weighted by Crippen LogP contribution is -2.28. The maximum absolute atomic E-state index is 13.1. The Morgan fingerprint density at radius 2 is 2.03 bits per heavy atom. The number of carbonyl (C=O) groups is 1. The number of carbonyl (C=O) groups excluding carboxylic acids is 1. The highest BCUT2D eigenvalue weighted by atomic mass is 32.2. The van der Waals surface area contributed by atoms with E-state index in [0.717, 1.165) is 15.1 Å². The standard InChI is InChI=1S/C22H17N3O4S2/c1-30-18-5-2-6-19-21(18)23-22(31-19)24(14-17-4-3-13-29-17)20(26)12-9-15-7-10-16(11-8-15)25(27)28/h2-13H,14H2,1H3/b12-9-. The molecule has 0 saturated heterocycles. The molecule has 31 heavy (non-hydrogen) atoms. The molecule has 0 aliphatic heterocycles. The number of thiazole rings is 1. The minimum absolute atomic E-state index is 0.00185. The van der Waals surface area contributed by atoms with Crippen LogP contribution in [0.25, 0.3) is 16.3 Å². The second-order valence-corrected chi connectivity index (χ2v) is 8.35. The van der Waals surface area contributed by atoms with E-state index >= 15 is 0 Å². The molecule has 0 bridgehead atoms. The lowest BCUT2D eigenvalue weighted by molar-refractivity contribution is -0.384. The SMILES string of the molecule is CSc1cccc2sc(N(Cc3ccco3)C(=O)/C=C\c3ccc([N+](=O)[O-])cc3)nc12. The van der Waals surface area contributed by atoms with E-state index in [1.54, 1.807) is 53.3 Å². The fourth-order valence-corrected chi connectivity index (χ4v) is 4.58. The van der Waals surface area contributed by atoms with Crippen molar-refractivity contribution in [2.45, 2.75) is 11.4 Å². The first-order valence-electron chi connectivity index (χ1n) is 9.25. The van der Waals surface area contributed by atoms with Crippen molar-refractivity contribution in [1.82, 2.24) is 4.98 Å². The molecule has 0 saturated carbocycles. The van der Waals surface area contributed by atoms with Crippen LogP contribution in [-0.2, 0) is 11.3 Å². The van der Waals surface area contributed by atoms with E-state index in [0.29, 0.717) is 16.5 Å². The monoisotopic (exact) mass is 451 g/mol. The third kappa shape index (κ3) is 4.68. The van der Waals surface area contributed by atoms with Crippen LogP contribution in [0.2, 0.25) is 0 Å². The van der Waals surface area contributed by atoms with E-state index in [4.69, 9.17) is 9.40 Å². The highest BCUT2D eigenvalue weighted by molar-refractivity contribution is 7.98. The Kier molecular flexibility index (Phi) is 6.15. The minimum atomic E-state index is -0.459. The fraction of sp³-hybridized carbons (Fsp3) is 0.0909. The third-order valence-corrected chi connectivity index (χ3v) is 6.32. The van der Waals surface area contributed by atoms with Gasteiger partial charge in [-0.3, -0.25) is 19.8 Å². The highest BCUT2D eigenvalue weighted by Crippen LogP contribution is 2.34. The Labute approximate surface area is 186 Å². The molecule has 2 aromatic heterocycles. The van der Waals surface area contributed by atoms with Gasteiger partial charge in [-0.15, -0.1) is 11.8 Å². The highest BCUT2D eigenvalue weighted by Gasteiger charge is 2.20. The number of amides is 1. The molecule has 0 aliphatic rings. The Morgan fingerprint density at radius 3 is 2.71 bits per heavy atom. The van der Waals surface area contributed by atoms with Crippen LogP contribution in [-0.4, -0.2) is 22.1 Å². The second kappa shape index (κ2) is 9.15. The van der Waals surface area contributed by atoms with E-state index in [-0.39, 0.29) is 18.1 Å². The van der Waals surface area contributed by atoms with Gasteiger partial charge in [0.15, 0.2) is 5.13 Å². The third-order valence-electron chi connectivity index (χ3n) is 4.50. The predicted octanol–water partition coefficient (Wildman–Crippen LogP) is 5.77. The first kappa shape index (κ1) is 20.8. The summed E-state index contributed by atoms with van der Waals surface area (Å²) in [6.07, 6.45) is 6.62. The molecular weight excluding hydrogens is 434 g/mol. The number of hydrogen-bond donors (Lipinski definition) is 0. The lowest BCUT2D eigenvalue weighted by Gasteiger charge is -2.16. The normalized spacial score (nSPS) is 11.3. The molecular formula is C22H17N3O4S2. The largest absolute Gasteiger partial charge is 0.467 e. The molecule has 1 amide bonds. The Bertz CT molecular complexity index is 1250. The molecule has 0 fully saturated rings. The van der Waals surface area contributed by atoms with E-state index in [1.165, 1.54) is 29.5 Å². The topological polar surface area (TPSA) is 89.5 Å². The number of hydrogen-bond acceptors (Lipinski definition) is 7. The van der Waals surface area contributed by atoms with Crippen molar-refractivity contribution in [3.8, 4) is 0 Å². The minimum Gasteiger partial charge on any atom is -0.467 e. The van der Waals surface area contributed by atoms with Gasteiger partial charge in [0.1, 0.15) is 5.76 Å². The first-order valence-corrected chi connectivity index (χ1v) is 11.3. The van der Waals surface area contributed by atoms with Crippen molar-refractivity contribution in [2.75, 3.05) is 11.2 Å². The van der Waals surface area contributed by atoms with Crippen LogP contribution in [0.15, 0.2) is 76.2 Å². The number of benzene rings is 2. The number of thioether (sulfide) groups is 1. The molecule has 2 aromatic carbocycles. The fourth-order valence-electron chi connectivity index (χ4n) is 2.95. The number of non-ortho nitro benzene ring substituents is 1. The average molecular weight is 452 g/mol. The summed E-state index contributed by atoms with van der Waals surface area (Å²) in [5.74, 6) is 0.376. The first-order chi connectivity index (χ1) is 15.0. The maximum atomic E-state index is 13.1. The van der Waals surface area contributed by atoms with Crippen LogP contribution < -0.4 is 4.90 Å². The number of nitrogens with zero attached hydrogens (tertiary/aromatic N) is 3. The van der Waals surface area contributed by atoms with Gasteiger partial charge in [0.05, 0.1) is 27.9 Å². The van der Waals surface area contributed by atoms with E-state index in [2.05, 4.69) is 0 Å². The summed E-state index contributed by atoms with van der Waals surface area (Å²) in [5, 5.41) is 11.4. The van der Waals surface area contributed by atoms with E-state index < -0.39 is 4.92 Å². The van der Waals surface area contributed by atoms with Gasteiger partial charge in [0, 0.05) is 23.1 Å². The molecule has 0 spiro atoms. The summed E-state index contributed by atoms with van der Waals surface area (Å²) in [4.78, 5) is 30.8. The number of furan rings is 1. The second-order valence-electron chi connectivity index (χ2n) is 6.49. The molecule has 4 rings (SSSR count). The quantitative estimate of drug-likeness (QED) is 0.153. The summed E-state index contributed by atoms with van der Waals surface area (Å²) >= 11 is 3.05. The number of nitro benzene ring substituents is 1. The van der Waals surface area contributed by atoms with Gasteiger partial charge in [0.25, 0.3) is 11.6 Å². The summed E-state index contributed by atoms with van der Waals surface area (Å²) in [5.41, 5.74) is 1.56. The van der Waals surface area contributed by atoms with E-state index in [1.807, 2.05) is 24.5 Å². The van der Waals surface area contributed by atoms with Crippen LogP contribution in [0, 0.1) is 10.1 Å². The summed E-state index contributed by atoms with van der Waals surface area (Å²) < 4.78 is 6.44. The molecule has 7 nitrogen and oxygen atoms in total. The summed E-state index contributed by atoms with van der Waals surface area (Å²) in [6.45, 7) is 0.241. The van der Waals surface area contributed by atoms with Crippen molar-refractivity contribution < 1.29 is 14.1 Å². The molecule has 4 aromatic rings. The number of aromatic nitrogens is 1. The van der Waals surface area contributed by atoms with E-state index in [9.17, 15) is 14.9 Å². The van der Waals surface area contributed by atoms with Crippen molar-refractivity contribution in [3.63, 3.8) is 0 Å². The van der Waals surface area contributed by atoms with Gasteiger partial charge in [-0.05, 0) is 54.3 Å². The maximum Gasteiger partial charge on any atom is 0.269 e. The number of nitro groups is 1. The van der Waals surface area contributed by atoms with Crippen LogP contribution >= 0.6 is 23.1 Å². The lowest BCUT2D eigenvalue weighted by atomic mass is 10.2. The Balaban J connectivity index is 1.64. The van der Waals surface area contributed by atoms with Crippen molar-refractivity contribution >= 4 is 56.1 Å². The van der Waals surface area contributed by atoms with Gasteiger partial charge < -0.3 is 4.42 Å².